The van der Waals surface area contributed by atoms with E-state index in [0.717, 1.165) is 16.7 Å². The third-order valence-corrected chi connectivity index (χ3v) is 5.35. The molecule has 1 aromatic heterocycles. The molecule has 1 amide bonds. The van der Waals surface area contributed by atoms with Gasteiger partial charge in [0.25, 0.3) is 5.56 Å². The summed E-state index contributed by atoms with van der Waals surface area (Å²) in [5, 5.41) is 0. The van der Waals surface area contributed by atoms with Crippen LogP contribution >= 0.6 is 0 Å². The van der Waals surface area contributed by atoms with Gasteiger partial charge in [0.1, 0.15) is 12.3 Å². The quantitative estimate of drug-likeness (QED) is 0.414. The van der Waals surface area contributed by atoms with Crippen molar-refractivity contribution in [3.63, 3.8) is 0 Å². The number of ether oxygens (including phenoxy) is 1. The lowest BCUT2D eigenvalue weighted by Gasteiger charge is -2.23. The maximum absolute atomic E-state index is 13.2. The molecule has 0 radical (unpaired) electrons. The van der Waals surface area contributed by atoms with Crippen LogP contribution in [0.25, 0.3) is 11.3 Å². The number of rotatable bonds is 8. The number of carbonyl (C=O) groups excluding carboxylic acids is 1. The van der Waals surface area contributed by atoms with Gasteiger partial charge in [0.2, 0.25) is 5.91 Å². The monoisotopic (exact) mass is 439 g/mol. The summed E-state index contributed by atoms with van der Waals surface area (Å²) in [5.74, 6) is 0.478. The summed E-state index contributed by atoms with van der Waals surface area (Å²) >= 11 is 0. The van der Waals surface area contributed by atoms with Gasteiger partial charge in [-0.15, -0.1) is 0 Å². The molecule has 3 aromatic carbocycles. The molecular weight excluding hydrogens is 414 g/mol. The summed E-state index contributed by atoms with van der Waals surface area (Å²) in [6.07, 6.45) is 1.42. The van der Waals surface area contributed by atoms with E-state index in [1.165, 1.54) is 17.0 Å². The Kier molecular flexibility index (Phi) is 6.95. The number of benzene rings is 3. The highest BCUT2D eigenvalue weighted by Crippen LogP contribution is 2.26. The number of nitrogens with zero attached hydrogens (tertiary/aromatic N) is 3. The Hall–Kier alpha value is -4.19. The minimum atomic E-state index is -0.293. The van der Waals surface area contributed by atoms with Crippen molar-refractivity contribution in [1.82, 2.24) is 14.5 Å². The lowest BCUT2D eigenvalue weighted by molar-refractivity contribution is -0.133. The number of para-hydroxylation sites is 1. The van der Waals surface area contributed by atoms with Crippen molar-refractivity contribution in [2.24, 2.45) is 0 Å². The first-order valence-corrected chi connectivity index (χ1v) is 10.7. The number of hydrogen-bond donors (Lipinski definition) is 0. The number of amides is 1. The van der Waals surface area contributed by atoms with Gasteiger partial charge >= 0.3 is 0 Å². The van der Waals surface area contributed by atoms with Crippen LogP contribution in [0.4, 0.5) is 0 Å². The molecule has 6 nitrogen and oxygen atoms in total. The molecule has 6 heteroatoms. The van der Waals surface area contributed by atoms with Crippen LogP contribution < -0.4 is 10.3 Å². The zero-order valence-electron chi connectivity index (χ0n) is 18.4. The smallest absolute Gasteiger partial charge is 0.254 e. The van der Waals surface area contributed by atoms with Gasteiger partial charge in [0.05, 0.1) is 19.1 Å². The standard InChI is InChI=1S/C27H25N3O3/c1-33-25-15-9-8-14-23(25)24-16-26(31)30(20-28-24)19-27(32)29(17-21-10-4-2-5-11-21)18-22-12-6-3-7-13-22/h2-16,20H,17-19H2,1H3. The van der Waals surface area contributed by atoms with Crippen LogP contribution in [0, 0.1) is 0 Å². The first-order valence-electron chi connectivity index (χ1n) is 10.7. The minimum Gasteiger partial charge on any atom is -0.496 e. The second kappa shape index (κ2) is 10.4. The summed E-state index contributed by atoms with van der Waals surface area (Å²) in [6, 6.07) is 28.5. The lowest BCUT2D eigenvalue weighted by Crippen LogP contribution is -2.35. The molecule has 0 aliphatic heterocycles. The van der Waals surface area contributed by atoms with Gasteiger partial charge < -0.3 is 9.64 Å². The number of methoxy groups -OCH3 is 1. The van der Waals surface area contributed by atoms with Gasteiger partial charge in [-0.3, -0.25) is 14.2 Å². The Morgan fingerprint density at radius 1 is 0.879 bits per heavy atom. The second-order valence-electron chi connectivity index (χ2n) is 7.66. The third-order valence-electron chi connectivity index (χ3n) is 5.35. The van der Waals surface area contributed by atoms with E-state index in [9.17, 15) is 9.59 Å². The van der Waals surface area contributed by atoms with Crippen LogP contribution in [0.3, 0.4) is 0 Å². The van der Waals surface area contributed by atoms with Crippen molar-refractivity contribution in [1.29, 1.82) is 0 Å². The van der Waals surface area contributed by atoms with Crippen LogP contribution in [-0.2, 0) is 24.4 Å². The van der Waals surface area contributed by atoms with E-state index >= 15 is 0 Å². The highest BCUT2D eigenvalue weighted by atomic mass is 16.5. The summed E-state index contributed by atoms with van der Waals surface area (Å²) in [6.45, 7) is 0.823. The highest BCUT2D eigenvalue weighted by molar-refractivity contribution is 5.76. The predicted molar refractivity (Wildman–Crippen MR) is 128 cm³/mol. The second-order valence-corrected chi connectivity index (χ2v) is 7.66. The molecule has 4 aromatic rings. The van der Waals surface area contributed by atoms with Crippen LogP contribution in [0.15, 0.2) is 102 Å². The van der Waals surface area contributed by atoms with Crippen LogP contribution in [0.2, 0.25) is 0 Å². The van der Waals surface area contributed by atoms with E-state index in [1.54, 1.807) is 12.0 Å². The largest absolute Gasteiger partial charge is 0.496 e. The molecule has 0 aliphatic rings. The zero-order valence-corrected chi connectivity index (χ0v) is 18.4. The van der Waals surface area contributed by atoms with E-state index in [1.807, 2.05) is 84.9 Å². The number of hydrogen-bond acceptors (Lipinski definition) is 4. The predicted octanol–water partition coefficient (Wildman–Crippen LogP) is 4.15. The molecule has 0 N–H and O–H groups in total. The van der Waals surface area contributed by atoms with Gasteiger partial charge in [-0.05, 0) is 23.3 Å². The SMILES string of the molecule is COc1ccccc1-c1cc(=O)n(CC(=O)N(Cc2ccccc2)Cc2ccccc2)cn1. The Bertz CT molecular complexity index is 1230. The first-order chi connectivity index (χ1) is 16.1. The van der Waals surface area contributed by atoms with Crippen molar-refractivity contribution in [3.05, 3.63) is 119 Å². The van der Waals surface area contributed by atoms with E-state index in [4.69, 9.17) is 4.74 Å². The fourth-order valence-electron chi connectivity index (χ4n) is 3.63. The summed E-state index contributed by atoms with van der Waals surface area (Å²) in [4.78, 5) is 32.2. The normalized spacial score (nSPS) is 10.6. The average molecular weight is 440 g/mol. The van der Waals surface area contributed by atoms with Crippen molar-refractivity contribution in [2.45, 2.75) is 19.6 Å². The average Bonchev–Trinajstić information content (AvgIpc) is 2.86. The van der Waals surface area contributed by atoms with E-state index in [2.05, 4.69) is 4.98 Å². The van der Waals surface area contributed by atoms with Crippen LogP contribution in [-0.4, -0.2) is 27.5 Å². The molecule has 0 saturated heterocycles. The molecule has 0 spiro atoms. The fourth-order valence-corrected chi connectivity index (χ4v) is 3.63. The first kappa shape index (κ1) is 22.0. The van der Waals surface area contributed by atoms with Crippen molar-refractivity contribution < 1.29 is 9.53 Å². The maximum Gasteiger partial charge on any atom is 0.254 e. The highest BCUT2D eigenvalue weighted by Gasteiger charge is 2.17. The lowest BCUT2D eigenvalue weighted by atomic mass is 10.1. The Labute approximate surface area is 192 Å². The molecule has 33 heavy (non-hydrogen) atoms. The van der Waals surface area contributed by atoms with Gasteiger partial charge in [-0.2, -0.15) is 0 Å². The number of aromatic nitrogens is 2. The molecule has 4 rings (SSSR count). The van der Waals surface area contributed by atoms with Gasteiger partial charge in [-0.25, -0.2) is 4.98 Å². The van der Waals surface area contributed by atoms with Crippen molar-refractivity contribution in [3.8, 4) is 17.0 Å². The van der Waals surface area contributed by atoms with Crippen LogP contribution in [0.5, 0.6) is 5.75 Å². The minimum absolute atomic E-state index is 0.0856. The molecule has 166 valence electrons. The van der Waals surface area contributed by atoms with E-state index in [-0.39, 0.29) is 18.0 Å². The zero-order chi connectivity index (χ0) is 23.0. The molecule has 1 heterocycles. The van der Waals surface area contributed by atoms with Gasteiger partial charge in [-0.1, -0.05) is 72.8 Å². The molecule has 0 fully saturated rings. The molecule has 0 aliphatic carbocycles. The topological polar surface area (TPSA) is 64.4 Å². The molecule has 0 atom stereocenters. The summed E-state index contributed by atoms with van der Waals surface area (Å²) in [5.41, 5.74) is 2.99. The van der Waals surface area contributed by atoms with E-state index in [0.29, 0.717) is 24.5 Å². The molecule has 0 unspecified atom stereocenters. The van der Waals surface area contributed by atoms with Crippen molar-refractivity contribution in [2.75, 3.05) is 7.11 Å². The summed E-state index contributed by atoms with van der Waals surface area (Å²) in [7, 11) is 1.58. The fraction of sp³-hybridized carbons (Fsp3) is 0.148. The van der Waals surface area contributed by atoms with Gasteiger partial charge in [0.15, 0.2) is 0 Å². The molecule has 0 bridgehead atoms. The molecule has 0 saturated carbocycles. The van der Waals surface area contributed by atoms with Crippen molar-refractivity contribution >= 4 is 5.91 Å². The molecular formula is C27H25N3O3. The maximum atomic E-state index is 13.2. The van der Waals surface area contributed by atoms with E-state index < -0.39 is 0 Å². The number of carbonyl (C=O) groups is 1. The Balaban J connectivity index is 1.56. The summed E-state index contributed by atoms with van der Waals surface area (Å²) < 4.78 is 6.71. The third kappa shape index (κ3) is 5.54. The van der Waals surface area contributed by atoms with Gasteiger partial charge in [0, 0.05) is 24.7 Å². The Morgan fingerprint density at radius 2 is 1.45 bits per heavy atom. The Morgan fingerprint density at radius 3 is 2.03 bits per heavy atom. The van der Waals surface area contributed by atoms with Crippen LogP contribution in [0.1, 0.15) is 11.1 Å².